The van der Waals surface area contributed by atoms with E-state index in [0.717, 1.165) is 28.7 Å². The van der Waals surface area contributed by atoms with E-state index in [0.29, 0.717) is 23.6 Å². The molecule has 3 heteroatoms. The second-order valence-electron chi connectivity index (χ2n) is 5.56. The molecule has 120 valence electrons. The van der Waals surface area contributed by atoms with Gasteiger partial charge in [-0.1, -0.05) is 60.1 Å². The molecule has 3 rings (SSSR count). The lowest BCUT2D eigenvalue weighted by atomic mass is 10.0. The van der Waals surface area contributed by atoms with Crippen molar-refractivity contribution in [1.29, 1.82) is 0 Å². The van der Waals surface area contributed by atoms with Gasteiger partial charge >= 0.3 is 0 Å². The SMILES string of the molecule is O=Cc1ccc(Cl)c(Cc2ccc(OCc3ccccc3)cc2)c1. The minimum Gasteiger partial charge on any atom is -0.489 e. The van der Waals surface area contributed by atoms with E-state index in [-0.39, 0.29) is 0 Å². The Balaban J connectivity index is 1.65. The summed E-state index contributed by atoms with van der Waals surface area (Å²) in [6, 6.07) is 23.3. The minimum atomic E-state index is 0.549. The molecule has 2 nitrogen and oxygen atoms in total. The van der Waals surface area contributed by atoms with Gasteiger partial charge in [0.2, 0.25) is 0 Å². The molecule has 0 amide bonds. The fourth-order valence-corrected chi connectivity index (χ4v) is 2.65. The van der Waals surface area contributed by atoms with Crippen molar-refractivity contribution in [3.05, 3.63) is 100 Å². The van der Waals surface area contributed by atoms with E-state index in [1.54, 1.807) is 12.1 Å². The number of hydrogen-bond donors (Lipinski definition) is 0. The summed E-state index contributed by atoms with van der Waals surface area (Å²) in [7, 11) is 0. The molecule has 3 aromatic rings. The molecule has 0 N–H and O–H groups in total. The maximum atomic E-state index is 10.9. The van der Waals surface area contributed by atoms with Crippen molar-refractivity contribution in [1.82, 2.24) is 0 Å². The first-order valence-corrected chi connectivity index (χ1v) is 8.11. The van der Waals surface area contributed by atoms with Crippen molar-refractivity contribution >= 4 is 17.9 Å². The van der Waals surface area contributed by atoms with Crippen molar-refractivity contribution in [2.75, 3.05) is 0 Å². The second kappa shape index (κ2) is 7.80. The van der Waals surface area contributed by atoms with Crippen LogP contribution in [0.3, 0.4) is 0 Å². The Morgan fingerprint density at radius 3 is 2.33 bits per heavy atom. The third-order valence-electron chi connectivity index (χ3n) is 3.77. The summed E-state index contributed by atoms with van der Waals surface area (Å²) in [6.07, 6.45) is 1.51. The van der Waals surface area contributed by atoms with Crippen molar-refractivity contribution < 1.29 is 9.53 Å². The minimum absolute atomic E-state index is 0.549. The molecular formula is C21H17ClO2. The molecule has 3 aromatic carbocycles. The molecule has 24 heavy (non-hydrogen) atoms. The average molecular weight is 337 g/mol. The highest BCUT2D eigenvalue weighted by atomic mass is 35.5. The lowest BCUT2D eigenvalue weighted by Crippen LogP contribution is -1.96. The van der Waals surface area contributed by atoms with Crippen LogP contribution in [0.2, 0.25) is 5.02 Å². The maximum absolute atomic E-state index is 10.9. The average Bonchev–Trinajstić information content (AvgIpc) is 2.64. The van der Waals surface area contributed by atoms with Gasteiger partial charge in [0, 0.05) is 10.6 Å². The monoisotopic (exact) mass is 336 g/mol. The first-order chi connectivity index (χ1) is 11.7. The number of aldehydes is 1. The lowest BCUT2D eigenvalue weighted by Gasteiger charge is -2.09. The first kappa shape index (κ1) is 16.3. The molecule has 0 aromatic heterocycles. The number of carbonyl (C=O) groups is 1. The molecule has 0 aliphatic carbocycles. The van der Waals surface area contributed by atoms with Crippen LogP contribution in [0.15, 0.2) is 72.8 Å². The molecule has 0 unspecified atom stereocenters. The predicted molar refractivity (Wildman–Crippen MR) is 96.9 cm³/mol. The van der Waals surface area contributed by atoms with Crippen LogP contribution in [-0.2, 0) is 13.0 Å². The van der Waals surface area contributed by atoms with Gasteiger partial charge in [0.1, 0.15) is 18.6 Å². The van der Waals surface area contributed by atoms with Gasteiger partial charge in [0.05, 0.1) is 0 Å². The van der Waals surface area contributed by atoms with Crippen LogP contribution in [0.5, 0.6) is 5.75 Å². The summed E-state index contributed by atoms with van der Waals surface area (Å²) in [6.45, 7) is 0.549. The Morgan fingerprint density at radius 2 is 1.62 bits per heavy atom. The summed E-state index contributed by atoms with van der Waals surface area (Å²) in [5, 5.41) is 0.671. The molecule has 0 atom stereocenters. The van der Waals surface area contributed by atoms with Gasteiger partial charge in [0.15, 0.2) is 0 Å². The third kappa shape index (κ3) is 4.24. The van der Waals surface area contributed by atoms with Gasteiger partial charge in [-0.2, -0.15) is 0 Å². The van der Waals surface area contributed by atoms with Crippen molar-refractivity contribution in [3.8, 4) is 5.75 Å². The number of benzene rings is 3. The highest BCUT2D eigenvalue weighted by Crippen LogP contribution is 2.22. The zero-order valence-corrected chi connectivity index (χ0v) is 13.9. The number of rotatable bonds is 6. The summed E-state index contributed by atoms with van der Waals surface area (Å²) >= 11 is 6.21. The second-order valence-corrected chi connectivity index (χ2v) is 5.97. The van der Waals surface area contributed by atoms with Crippen LogP contribution in [0.1, 0.15) is 27.0 Å². The quantitative estimate of drug-likeness (QED) is 0.569. The molecule has 0 aliphatic rings. The number of carbonyl (C=O) groups excluding carboxylic acids is 1. The number of ether oxygens (including phenoxy) is 1. The summed E-state index contributed by atoms with van der Waals surface area (Å²) in [4.78, 5) is 10.9. The highest BCUT2D eigenvalue weighted by molar-refractivity contribution is 6.31. The van der Waals surface area contributed by atoms with Crippen molar-refractivity contribution in [3.63, 3.8) is 0 Å². The largest absolute Gasteiger partial charge is 0.489 e. The summed E-state index contributed by atoms with van der Waals surface area (Å²) in [5.74, 6) is 0.829. The number of hydrogen-bond acceptors (Lipinski definition) is 2. The molecule has 0 bridgehead atoms. The van der Waals surface area contributed by atoms with Crippen LogP contribution < -0.4 is 4.74 Å². The lowest BCUT2D eigenvalue weighted by molar-refractivity contribution is 0.112. The molecule has 0 aliphatic heterocycles. The van der Waals surface area contributed by atoms with Crippen molar-refractivity contribution in [2.24, 2.45) is 0 Å². The van der Waals surface area contributed by atoms with E-state index in [1.807, 2.05) is 60.7 Å². The van der Waals surface area contributed by atoms with E-state index < -0.39 is 0 Å². The molecular weight excluding hydrogens is 320 g/mol. The van der Waals surface area contributed by atoms with Gasteiger partial charge in [-0.15, -0.1) is 0 Å². The van der Waals surface area contributed by atoms with Crippen molar-refractivity contribution in [2.45, 2.75) is 13.0 Å². The summed E-state index contributed by atoms with van der Waals surface area (Å²) in [5.41, 5.74) is 3.84. The Bertz CT molecular complexity index is 811. The zero-order valence-electron chi connectivity index (χ0n) is 13.1. The molecule has 0 spiro atoms. The Labute approximate surface area is 146 Å². The molecule has 0 heterocycles. The van der Waals surface area contributed by atoms with Gasteiger partial charge < -0.3 is 4.74 Å². The van der Waals surface area contributed by atoms with E-state index in [4.69, 9.17) is 16.3 Å². The van der Waals surface area contributed by atoms with E-state index in [2.05, 4.69) is 0 Å². The Kier molecular flexibility index (Phi) is 5.29. The van der Waals surface area contributed by atoms with Gasteiger partial charge in [-0.05, 0) is 47.4 Å². The Hall–Kier alpha value is -2.58. The maximum Gasteiger partial charge on any atom is 0.150 e. The van der Waals surface area contributed by atoms with Gasteiger partial charge in [-0.3, -0.25) is 4.79 Å². The Morgan fingerprint density at radius 1 is 0.875 bits per heavy atom. The first-order valence-electron chi connectivity index (χ1n) is 7.74. The summed E-state index contributed by atoms with van der Waals surface area (Å²) < 4.78 is 5.79. The van der Waals surface area contributed by atoms with E-state index >= 15 is 0 Å². The van der Waals surface area contributed by atoms with E-state index in [9.17, 15) is 4.79 Å². The normalized spacial score (nSPS) is 10.4. The highest BCUT2D eigenvalue weighted by Gasteiger charge is 2.04. The van der Waals surface area contributed by atoms with Gasteiger partial charge in [0.25, 0.3) is 0 Å². The van der Waals surface area contributed by atoms with Gasteiger partial charge in [-0.25, -0.2) is 0 Å². The van der Waals surface area contributed by atoms with E-state index in [1.165, 1.54) is 0 Å². The molecule has 0 radical (unpaired) electrons. The van der Waals surface area contributed by atoms with Crippen LogP contribution >= 0.6 is 11.6 Å². The zero-order chi connectivity index (χ0) is 16.8. The molecule has 0 fully saturated rings. The fourth-order valence-electron chi connectivity index (χ4n) is 2.47. The fraction of sp³-hybridized carbons (Fsp3) is 0.0952. The molecule has 0 saturated carbocycles. The third-order valence-corrected chi connectivity index (χ3v) is 4.14. The smallest absolute Gasteiger partial charge is 0.150 e. The topological polar surface area (TPSA) is 26.3 Å². The van der Waals surface area contributed by atoms with Crippen LogP contribution in [-0.4, -0.2) is 6.29 Å². The van der Waals surface area contributed by atoms with Crippen LogP contribution in [0.25, 0.3) is 0 Å². The predicted octanol–water partition coefficient (Wildman–Crippen LogP) is 5.32. The molecule has 0 saturated heterocycles. The van der Waals surface area contributed by atoms with Crippen LogP contribution in [0, 0.1) is 0 Å². The standard InChI is InChI=1S/C21H17ClO2/c22-21-11-8-18(14-23)13-19(21)12-16-6-9-20(10-7-16)24-15-17-4-2-1-3-5-17/h1-11,13-14H,12,15H2. The number of halogens is 1. The van der Waals surface area contributed by atoms with Crippen LogP contribution in [0.4, 0.5) is 0 Å².